The number of hydrogen-bond acceptors (Lipinski definition) is 4. The fraction of sp³-hybridized carbons (Fsp3) is 0.600. The molecule has 2 heterocycles. The summed E-state index contributed by atoms with van der Waals surface area (Å²) in [5, 5.41) is 6.15. The Hall–Kier alpha value is -1.53. The van der Waals surface area contributed by atoms with E-state index in [1.54, 1.807) is 0 Å². The van der Waals surface area contributed by atoms with Crippen LogP contribution in [-0.4, -0.2) is 53.9 Å². The number of hydrogen-bond donors (Lipinski definition) is 2. The molecule has 6 heteroatoms. The molecule has 0 bridgehead atoms. The highest BCUT2D eigenvalue weighted by Gasteiger charge is 2.38. The van der Waals surface area contributed by atoms with E-state index >= 15 is 0 Å². The fourth-order valence-corrected chi connectivity index (χ4v) is 4.55. The number of benzene rings is 1. The Morgan fingerprint density at radius 1 is 1.23 bits per heavy atom. The first kappa shape index (κ1) is 19.2. The average Bonchev–Trinajstić information content (AvgIpc) is 3.10. The van der Waals surface area contributed by atoms with Gasteiger partial charge in [-0.05, 0) is 57.2 Å². The van der Waals surface area contributed by atoms with E-state index < -0.39 is 0 Å². The molecule has 5 nitrogen and oxygen atoms in total. The number of nitrogens with zero attached hydrogens (tertiary/aromatic N) is 1. The molecule has 0 aromatic heterocycles. The number of carbonyl (C=O) groups is 2. The molecule has 1 unspecified atom stereocenters. The average molecular weight is 376 g/mol. The van der Waals surface area contributed by atoms with E-state index in [9.17, 15) is 9.59 Å². The fourth-order valence-electron chi connectivity index (χ4n) is 3.79. The van der Waals surface area contributed by atoms with Gasteiger partial charge in [0.1, 0.15) is 0 Å². The minimum absolute atomic E-state index is 0.0619. The lowest BCUT2D eigenvalue weighted by atomic mass is 9.78. The molecule has 2 saturated heterocycles. The van der Waals surface area contributed by atoms with Crippen molar-refractivity contribution in [3.63, 3.8) is 0 Å². The molecule has 1 atom stereocenters. The van der Waals surface area contributed by atoms with E-state index in [1.807, 2.05) is 43.0 Å². The summed E-state index contributed by atoms with van der Waals surface area (Å²) in [5.74, 6) is 0.398. The van der Waals surface area contributed by atoms with Crippen molar-refractivity contribution in [1.82, 2.24) is 10.2 Å². The van der Waals surface area contributed by atoms with Crippen LogP contribution in [-0.2, 0) is 9.59 Å². The van der Waals surface area contributed by atoms with Crippen molar-refractivity contribution >= 4 is 29.3 Å². The zero-order valence-electron chi connectivity index (χ0n) is 15.7. The maximum atomic E-state index is 12.7. The van der Waals surface area contributed by atoms with Gasteiger partial charge in [0, 0.05) is 25.3 Å². The second-order valence-corrected chi connectivity index (χ2v) is 8.95. The minimum Gasteiger partial charge on any atom is -0.342 e. The Morgan fingerprint density at radius 3 is 2.54 bits per heavy atom. The second kappa shape index (κ2) is 8.44. The predicted molar refractivity (Wildman–Crippen MR) is 107 cm³/mol. The van der Waals surface area contributed by atoms with Gasteiger partial charge >= 0.3 is 0 Å². The van der Waals surface area contributed by atoms with Crippen molar-refractivity contribution in [3.05, 3.63) is 29.8 Å². The monoisotopic (exact) mass is 375 g/mol. The quantitative estimate of drug-likeness (QED) is 0.831. The van der Waals surface area contributed by atoms with Gasteiger partial charge in [-0.2, -0.15) is 0 Å². The molecule has 1 spiro atoms. The maximum absolute atomic E-state index is 12.7. The van der Waals surface area contributed by atoms with Crippen molar-refractivity contribution < 1.29 is 9.59 Å². The third-order valence-electron chi connectivity index (χ3n) is 5.62. The van der Waals surface area contributed by atoms with E-state index in [2.05, 4.69) is 10.6 Å². The highest BCUT2D eigenvalue weighted by Crippen LogP contribution is 2.37. The van der Waals surface area contributed by atoms with Crippen molar-refractivity contribution in [1.29, 1.82) is 0 Å². The Labute approximate surface area is 160 Å². The van der Waals surface area contributed by atoms with Gasteiger partial charge in [0.15, 0.2) is 0 Å². The third-order valence-corrected chi connectivity index (χ3v) is 6.75. The summed E-state index contributed by atoms with van der Waals surface area (Å²) in [6.07, 6.45) is 3.42. The van der Waals surface area contributed by atoms with Crippen molar-refractivity contribution in [2.24, 2.45) is 5.41 Å². The molecule has 2 aliphatic rings. The van der Waals surface area contributed by atoms with Crippen LogP contribution < -0.4 is 10.6 Å². The largest absolute Gasteiger partial charge is 0.342 e. The molecule has 26 heavy (non-hydrogen) atoms. The number of rotatable bonds is 5. The molecule has 142 valence electrons. The predicted octanol–water partition coefficient (Wildman–Crippen LogP) is 2.66. The lowest BCUT2D eigenvalue weighted by Crippen LogP contribution is -2.46. The lowest BCUT2D eigenvalue weighted by molar-refractivity contribution is -0.132. The molecule has 1 aromatic rings. The summed E-state index contributed by atoms with van der Waals surface area (Å²) in [7, 11) is 0. The van der Waals surface area contributed by atoms with Gasteiger partial charge in [-0.3, -0.25) is 9.59 Å². The summed E-state index contributed by atoms with van der Waals surface area (Å²) >= 11 is 1.42. The van der Waals surface area contributed by atoms with Crippen molar-refractivity contribution in [2.75, 3.05) is 37.2 Å². The Morgan fingerprint density at radius 2 is 1.92 bits per heavy atom. The standard InChI is InChI=1S/C20H29N3O2S/c1-15-3-5-17(6-4-15)22-18(24)13-26-16(2)19(25)23-11-8-20(9-12-23)7-10-21-14-20/h3-6,16,21H,7-14H2,1-2H3,(H,22,24). The van der Waals surface area contributed by atoms with Crippen LogP contribution in [0.15, 0.2) is 24.3 Å². The van der Waals surface area contributed by atoms with Crippen LogP contribution in [0.4, 0.5) is 5.69 Å². The number of piperidine rings is 1. The Kier molecular flexibility index (Phi) is 6.24. The molecular formula is C20H29N3O2S. The molecule has 2 aliphatic heterocycles. The topological polar surface area (TPSA) is 61.4 Å². The molecule has 2 N–H and O–H groups in total. The molecule has 3 rings (SSSR count). The first-order chi connectivity index (χ1) is 12.5. The van der Waals surface area contributed by atoms with Crippen LogP contribution in [0.1, 0.15) is 31.7 Å². The molecular weight excluding hydrogens is 346 g/mol. The molecule has 0 radical (unpaired) electrons. The summed E-state index contributed by atoms with van der Waals surface area (Å²) in [4.78, 5) is 26.8. The SMILES string of the molecule is Cc1ccc(NC(=O)CSC(C)C(=O)N2CCC3(CCNC3)CC2)cc1. The summed E-state index contributed by atoms with van der Waals surface area (Å²) in [5.41, 5.74) is 2.38. The molecule has 0 saturated carbocycles. The van der Waals surface area contributed by atoms with Gasteiger partial charge in [0.2, 0.25) is 11.8 Å². The normalized spacial score (nSPS) is 20.2. The van der Waals surface area contributed by atoms with Gasteiger partial charge in [0.25, 0.3) is 0 Å². The van der Waals surface area contributed by atoms with Gasteiger partial charge in [-0.1, -0.05) is 17.7 Å². The summed E-state index contributed by atoms with van der Waals surface area (Å²) in [6, 6.07) is 7.73. The van der Waals surface area contributed by atoms with E-state index in [0.717, 1.165) is 50.3 Å². The van der Waals surface area contributed by atoms with Gasteiger partial charge in [0.05, 0.1) is 11.0 Å². The van der Waals surface area contributed by atoms with Crippen LogP contribution in [0.25, 0.3) is 0 Å². The first-order valence-corrected chi connectivity index (χ1v) is 10.5. The van der Waals surface area contributed by atoms with Gasteiger partial charge < -0.3 is 15.5 Å². The maximum Gasteiger partial charge on any atom is 0.235 e. The van der Waals surface area contributed by atoms with Crippen LogP contribution in [0.5, 0.6) is 0 Å². The van der Waals surface area contributed by atoms with Crippen LogP contribution in [0.2, 0.25) is 0 Å². The number of nitrogens with one attached hydrogen (secondary N) is 2. The smallest absolute Gasteiger partial charge is 0.235 e. The molecule has 1 aromatic carbocycles. The van der Waals surface area contributed by atoms with E-state index in [0.29, 0.717) is 11.2 Å². The number of carbonyl (C=O) groups excluding carboxylic acids is 2. The van der Waals surface area contributed by atoms with Crippen LogP contribution in [0, 0.1) is 12.3 Å². The highest BCUT2D eigenvalue weighted by atomic mass is 32.2. The Bertz CT molecular complexity index is 631. The summed E-state index contributed by atoms with van der Waals surface area (Å²) < 4.78 is 0. The third kappa shape index (κ3) is 4.80. The molecule has 2 fully saturated rings. The van der Waals surface area contributed by atoms with Crippen LogP contribution in [0.3, 0.4) is 0 Å². The lowest BCUT2D eigenvalue weighted by Gasteiger charge is -2.39. The number of amides is 2. The highest BCUT2D eigenvalue weighted by molar-refractivity contribution is 8.01. The number of likely N-dealkylation sites (tertiary alicyclic amines) is 1. The Balaban J connectivity index is 1.41. The van der Waals surface area contributed by atoms with Crippen LogP contribution >= 0.6 is 11.8 Å². The summed E-state index contributed by atoms with van der Waals surface area (Å²) in [6.45, 7) is 7.82. The van der Waals surface area contributed by atoms with Gasteiger partial charge in [-0.25, -0.2) is 0 Å². The zero-order valence-corrected chi connectivity index (χ0v) is 16.5. The molecule has 2 amide bonds. The minimum atomic E-state index is -0.186. The number of aryl methyl sites for hydroxylation is 1. The van der Waals surface area contributed by atoms with Gasteiger partial charge in [-0.15, -0.1) is 11.8 Å². The van der Waals surface area contributed by atoms with Crippen molar-refractivity contribution in [2.45, 2.75) is 38.4 Å². The number of anilines is 1. The number of thioether (sulfide) groups is 1. The molecule has 0 aliphatic carbocycles. The van der Waals surface area contributed by atoms with E-state index in [1.165, 1.54) is 18.2 Å². The second-order valence-electron chi connectivity index (χ2n) is 7.62. The first-order valence-electron chi connectivity index (χ1n) is 9.45. The van der Waals surface area contributed by atoms with E-state index in [-0.39, 0.29) is 17.1 Å². The zero-order chi connectivity index (χ0) is 18.6. The van der Waals surface area contributed by atoms with E-state index in [4.69, 9.17) is 0 Å². The van der Waals surface area contributed by atoms with Crippen molar-refractivity contribution in [3.8, 4) is 0 Å².